The Kier molecular flexibility index (Phi) is 10.0. The lowest BCUT2D eigenvalue weighted by molar-refractivity contribution is -0.138. The molecule has 1 aliphatic heterocycles. The van der Waals surface area contributed by atoms with Gasteiger partial charge in [0.2, 0.25) is 5.91 Å². The number of piperidine rings is 1. The van der Waals surface area contributed by atoms with Gasteiger partial charge in [0.05, 0.1) is 12.1 Å². The van der Waals surface area contributed by atoms with Crippen molar-refractivity contribution < 1.29 is 29.4 Å². The number of Topliss-reactive ketones (excluding diaryl/α,β-unsaturated/α-hetero) is 1. The number of hydrogen-bond acceptors (Lipinski definition) is 8. The van der Waals surface area contributed by atoms with Crippen LogP contribution in [0.4, 0.5) is 0 Å². The van der Waals surface area contributed by atoms with Gasteiger partial charge < -0.3 is 21.3 Å². The molecule has 0 bridgehead atoms. The van der Waals surface area contributed by atoms with Crippen molar-refractivity contribution in [2.75, 3.05) is 18.8 Å². The number of nitrogens with one attached hydrogen (secondary N) is 1. The fourth-order valence-electron chi connectivity index (χ4n) is 3.90. The summed E-state index contributed by atoms with van der Waals surface area (Å²) in [6.45, 7) is 0.498. The number of hydrogen-bond donors (Lipinski definition) is 4. The molecule has 1 aliphatic carbocycles. The lowest BCUT2D eigenvalue weighted by Gasteiger charge is -2.40. The number of carboxylic acids is 2. The highest BCUT2D eigenvalue weighted by Crippen LogP contribution is 2.43. The van der Waals surface area contributed by atoms with Crippen LogP contribution >= 0.6 is 33.2 Å². The summed E-state index contributed by atoms with van der Waals surface area (Å²) in [6.07, 6.45) is 3.36. The molecule has 1 aromatic carbocycles. The molecule has 9 nitrogen and oxygen atoms in total. The van der Waals surface area contributed by atoms with Gasteiger partial charge in [0.15, 0.2) is 5.78 Å². The number of aliphatic carboxylic acids is 2. The predicted molar refractivity (Wildman–Crippen MR) is 136 cm³/mol. The highest BCUT2D eigenvalue weighted by atomic mass is 35.5. The van der Waals surface area contributed by atoms with Gasteiger partial charge in [0.25, 0.3) is 0 Å². The Morgan fingerprint density at radius 1 is 1.20 bits per heavy atom. The van der Waals surface area contributed by atoms with Crippen molar-refractivity contribution in [3.8, 4) is 0 Å². The van der Waals surface area contributed by atoms with Crippen LogP contribution in [0, 0.1) is 5.92 Å². The predicted octanol–water partition coefficient (Wildman–Crippen LogP) is 2.18. The minimum Gasteiger partial charge on any atom is -0.480 e. The maximum Gasteiger partial charge on any atom is 0.328 e. The molecular weight excluding hydrogens is 514 g/mol. The summed E-state index contributed by atoms with van der Waals surface area (Å²) >= 11 is 6.35. The summed E-state index contributed by atoms with van der Waals surface area (Å²) in [7, 11) is 2.69. The number of carboxylic acid groups (broad SMARTS) is 2. The summed E-state index contributed by atoms with van der Waals surface area (Å²) in [6, 6.07) is 5.83. The molecule has 0 radical (unpaired) electrons. The van der Waals surface area contributed by atoms with E-state index in [1.165, 1.54) is 21.6 Å². The number of nitrogens with zero attached hydrogens (tertiary/aromatic N) is 1. The van der Waals surface area contributed by atoms with E-state index < -0.39 is 36.5 Å². The number of nitrogens with two attached hydrogens (primary N) is 1. The van der Waals surface area contributed by atoms with Crippen LogP contribution in [0.25, 0.3) is 0 Å². The third kappa shape index (κ3) is 7.97. The Morgan fingerprint density at radius 2 is 1.91 bits per heavy atom. The van der Waals surface area contributed by atoms with Crippen LogP contribution in [0.3, 0.4) is 0 Å². The molecule has 1 heterocycles. The second-order valence-corrected chi connectivity index (χ2v) is 11.5. The molecule has 2 aliphatic rings. The average molecular weight is 542 g/mol. The Hall–Kier alpha value is -2.05. The van der Waals surface area contributed by atoms with Gasteiger partial charge in [-0.1, -0.05) is 51.4 Å². The largest absolute Gasteiger partial charge is 0.480 e. The third-order valence-electron chi connectivity index (χ3n) is 5.78. The van der Waals surface area contributed by atoms with Crippen LogP contribution in [-0.4, -0.2) is 74.9 Å². The van der Waals surface area contributed by atoms with E-state index in [9.17, 15) is 24.3 Å². The summed E-state index contributed by atoms with van der Waals surface area (Å²) in [4.78, 5) is 49.6. The van der Waals surface area contributed by atoms with Crippen LogP contribution in [-0.2, 0) is 25.7 Å². The van der Waals surface area contributed by atoms with E-state index in [1.54, 1.807) is 6.07 Å². The zero-order valence-corrected chi connectivity index (χ0v) is 21.3. The number of ketones is 1. The quantitative estimate of drug-likeness (QED) is 0.229. The van der Waals surface area contributed by atoms with Gasteiger partial charge in [-0.15, -0.1) is 0 Å². The highest BCUT2D eigenvalue weighted by molar-refractivity contribution is 8.77. The molecular formula is C23H28ClN3O6S2. The molecule has 2 fully saturated rings. The summed E-state index contributed by atoms with van der Waals surface area (Å²) in [5, 5.41) is 20.8. The summed E-state index contributed by atoms with van der Waals surface area (Å²) in [5.41, 5.74) is 7.27. The minimum absolute atomic E-state index is 0.0320. The van der Waals surface area contributed by atoms with E-state index in [0.717, 1.165) is 24.5 Å². The lowest BCUT2D eigenvalue weighted by atomic mass is 9.89. The molecule has 1 aromatic rings. The molecule has 1 amide bonds. The van der Waals surface area contributed by atoms with Crippen molar-refractivity contribution in [3.63, 3.8) is 0 Å². The molecule has 35 heavy (non-hydrogen) atoms. The van der Waals surface area contributed by atoms with Crippen LogP contribution in [0.15, 0.2) is 35.9 Å². The van der Waals surface area contributed by atoms with Gasteiger partial charge in [-0.25, -0.2) is 4.79 Å². The van der Waals surface area contributed by atoms with Crippen LogP contribution in [0.1, 0.15) is 24.8 Å². The zero-order valence-electron chi connectivity index (χ0n) is 18.9. The van der Waals surface area contributed by atoms with E-state index in [-0.39, 0.29) is 22.7 Å². The normalized spacial score (nSPS) is 22.5. The number of carbonyl (C=O) groups is 4. The van der Waals surface area contributed by atoms with Gasteiger partial charge in [0, 0.05) is 41.1 Å². The number of benzene rings is 1. The van der Waals surface area contributed by atoms with E-state index in [2.05, 4.69) is 5.32 Å². The Labute approximate surface area is 216 Å². The molecule has 190 valence electrons. The number of halogens is 1. The van der Waals surface area contributed by atoms with Crippen LogP contribution in [0.2, 0.25) is 5.02 Å². The number of likely N-dealkylation sites (tertiary alicyclic amines) is 1. The first kappa shape index (κ1) is 27.5. The molecule has 3 unspecified atom stereocenters. The molecule has 3 atom stereocenters. The van der Waals surface area contributed by atoms with Gasteiger partial charge in [0.1, 0.15) is 6.54 Å². The van der Waals surface area contributed by atoms with E-state index in [4.69, 9.17) is 22.4 Å². The van der Waals surface area contributed by atoms with Gasteiger partial charge in [-0.3, -0.25) is 19.3 Å². The van der Waals surface area contributed by atoms with Crippen molar-refractivity contribution in [2.45, 2.75) is 43.1 Å². The topological polar surface area (TPSA) is 150 Å². The standard InChI is InChI=1S/C23H28ClN3O6S2/c24-16-4-2-1-3-14(16)11-27-8-7-18(35-34-12-17(25)23(33)26-10-20(30)31)15(9-19(28)29)21(27)22(32)13-5-6-13/h1-4,9,13,17-18,21H,5-8,10-12,25H2,(H,26,33)(H,28,29)(H,30,31)/b15-9+. The number of carbonyl (C=O) groups excluding carboxylic acids is 2. The molecule has 5 N–H and O–H groups in total. The van der Waals surface area contributed by atoms with Crippen molar-refractivity contribution in [1.29, 1.82) is 0 Å². The second kappa shape index (κ2) is 12.8. The fraction of sp³-hybridized carbons (Fsp3) is 0.478. The van der Waals surface area contributed by atoms with Crippen molar-refractivity contribution in [3.05, 3.63) is 46.5 Å². The molecule has 1 saturated carbocycles. The summed E-state index contributed by atoms with van der Waals surface area (Å²) < 4.78 is 0. The molecule has 1 saturated heterocycles. The monoisotopic (exact) mass is 541 g/mol. The highest BCUT2D eigenvalue weighted by Gasteiger charge is 2.44. The average Bonchev–Trinajstić information content (AvgIpc) is 3.65. The maximum absolute atomic E-state index is 13.3. The number of amides is 1. The maximum atomic E-state index is 13.3. The van der Waals surface area contributed by atoms with E-state index >= 15 is 0 Å². The van der Waals surface area contributed by atoms with Gasteiger partial charge in [-0.2, -0.15) is 0 Å². The fourth-order valence-corrected chi connectivity index (χ4v) is 6.94. The second-order valence-electron chi connectivity index (χ2n) is 8.50. The SMILES string of the molecule is NC(CSSC1CCN(Cc2ccccc2Cl)C(C(=O)C2CC2)/C1=C/C(=O)O)C(=O)NCC(=O)O. The van der Waals surface area contributed by atoms with Crippen molar-refractivity contribution in [2.24, 2.45) is 11.7 Å². The van der Waals surface area contributed by atoms with Gasteiger partial charge in [-0.05, 0) is 36.5 Å². The van der Waals surface area contributed by atoms with Crippen LogP contribution < -0.4 is 11.1 Å². The minimum atomic E-state index is -1.16. The Balaban J connectivity index is 1.73. The van der Waals surface area contributed by atoms with Crippen LogP contribution in [0.5, 0.6) is 0 Å². The Morgan fingerprint density at radius 3 is 2.54 bits per heavy atom. The van der Waals surface area contributed by atoms with Gasteiger partial charge >= 0.3 is 11.9 Å². The summed E-state index contributed by atoms with van der Waals surface area (Å²) in [5.74, 6) is -2.67. The first-order valence-electron chi connectivity index (χ1n) is 11.2. The zero-order chi connectivity index (χ0) is 25.5. The molecule has 3 rings (SSSR count). The first-order valence-corrected chi connectivity index (χ1v) is 13.9. The molecule has 12 heteroatoms. The third-order valence-corrected chi connectivity index (χ3v) is 9.04. The van der Waals surface area contributed by atoms with Crippen molar-refractivity contribution in [1.82, 2.24) is 10.2 Å². The first-order chi connectivity index (χ1) is 16.7. The lowest BCUT2D eigenvalue weighted by Crippen LogP contribution is -2.50. The Bertz CT molecular complexity index is 1000. The molecule has 0 spiro atoms. The number of rotatable bonds is 12. The smallest absolute Gasteiger partial charge is 0.328 e. The van der Waals surface area contributed by atoms with Crippen molar-refractivity contribution >= 4 is 56.8 Å². The molecule has 0 aromatic heterocycles. The van der Waals surface area contributed by atoms with E-state index in [1.807, 2.05) is 23.1 Å². The van der Waals surface area contributed by atoms with E-state index in [0.29, 0.717) is 30.1 Å².